The number of aromatic nitrogens is 3. The van der Waals surface area contributed by atoms with Gasteiger partial charge < -0.3 is 0 Å². The van der Waals surface area contributed by atoms with Crippen LogP contribution in [-0.2, 0) is 6.42 Å². The summed E-state index contributed by atoms with van der Waals surface area (Å²) in [4.78, 5) is 4.77. The highest BCUT2D eigenvalue weighted by atomic mass is 32.2. The van der Waals surface area contributed by atoms with Crippen molar-refractivity contribution >= 4 is 22.5 Å². The van der Waals surface area contributed by atoms with Gasteiger partial charge in [0, 0.05) is 5.56 Å². The van der Waals surface area contributed by atoms with Crippen LogP contribution < -0.4 is 0 Å². The lowest BCUT2D eigenvalue weighted by molar-refractivity contribution is 0.952. The minimum absolute atomic E-state index is 0.704. The van der Waals surface area contributed by atoms with Gasteiger partial charge in [0.25, 0.3) is 0 Å². The molecule has 5 heteroatoms. The van der Waals surface area contributed by atoms with Gasteiger partial charge in [-0.3, -0.25) is 4.57 Å². The first-order valence-corrected chi connectivity index (χ1v) is 8.30. The molecule has 0 amide bonds. The summed E-state index contributed by atoms with van der Waals surface area (Å²) in [6.07, 6.45) is 2.75. The van der Waals surface area contributed by atoms with Crippen LogP contribution in [0.3, 0.4) is 0 Å². The van der Waals surface area contributed by atoms with E-state index in [0.29, 0.717) is 6.42 Å². The second-order valence-corrected chi connectivity index (χ2v) is 5.90. The summed E-state index contributed by atoms with van der Waals surface area (Å²) in [6.45, 7) is 0. The molecule has 2 aromatic carbocycles. The summed E-state index contributed by atoms with van der Waals surface area (Å²) in [6, 6.07) is 18.3. The maximum atomic E-state index is 4.77. The Morgan fingerprint density at radius 1 is 0.955 bits per heavy atom. The van der Waals surface area contributed by atoms with E-state index >= 15 is 0 Å². The first-order valence-electron chi connectivity index (χ1n) is 7.07. The van der Waals surface area contributed by atoms with E-state index < -0.39 is 0 Å². The van der Waals surface area contributed by atoms with Crippen molar-refractivity contribution in [1.29, 1.82) is 0 Å². The van der Waals surface area contributed by atoms with E-state index in [1.165, 1.54) is 0 Å². The molecule has 0 radical (unpaired) electrons. The number of hydrogen-bond acceptors (Lipinski definition) is 4. The second kappa shape index (κ2) is 5.42. The van der Waals surface area contributed by atoms with E-state index in [4.69, 9.17) is 4.99 Å². The van der Waals surface area contributed by atoms with Gasteiger partial charge in [-0.2, -0.15) is 0 Å². The standard InChI is InChI=1S/C17H14N4S/c1-22-16-11-15-19-20-17(12-7-3-2-4-8-12)21(15)14-10-6-5-9-13(14)18-16/h2-10H,11H2,1H3. The average molecular weight is 306 g/mol. The molecule has 1 aliphatic heterocycles. The molecule has 1 aliphatic rings. The van der Waals surface area contributed by atoms with Gasteiger partial charge in [0.15, 0.2) is 5.82 Å². The normalized spacial score (nSPS) is 13.0. The zero-order valence-corrected chi connectivity index (χ0v) is 12.9. The summed E-state index contributed by atoms with van der Waals surface area (Å²) >= 11 is 1.66. The lowest BCUT2D eigenvalue weighted by Crippen LogP contribution is -2.04. The van der Waals surface area contributed by atoms with Gasteiger partial charge in [-0.05, 0) is 18.4 Å². The van der Waals surface area contributed by atoms with E-state index in [0.717, 1.165) is 33.6 Å². The van der Waals surface area contributed by atoms with Crippen molar-refractivity contribution in [1.82, 2.24) is 14.8 Å². The number of rotatable bonds is 1. The Morgan fingerprint density at radius 3 is 2.55 bits per heavy atom. The largest absolute Gasteiger partial charge is 0.276 e. The summed E-state index contributed by atoms with van der Waals surface area (Å²) in [5, 5.41) is 9.89. The number of nitrogens with zero attached hydrogens (tertiary/aromatic N) is 4. The highest BCUT2D eigenvalue weighted by molar-refractivity contribution is 8.13. The fourth-order valence-electron chi connectivity index (χ4n) is 2.63. The van der Waals surface area contributed by atoms with Gasteiger partial charge in [-0.1, -0.05) is 42.5 Å². The highest BCUT2D eigenvalue weighted by Crippen LogP contribution is 2.33. The molecule has 0 N–H and O–H groups in total. The third-order valence-corrected chi connectivity index (χ3v) is 4.38. The first-order chi connectivity index (χ1) is 10.9. The lowest BCUT2D eigenvalue weighted by atomic mass is 10.2. The summed E-state index contributed by atoms with van der Waals surface area (Å²) in [7, 11) is 0. The number of para-hydroxylation sites is 2. The van der Waals surface area contributed by atoms with Gasteiger partial charge in [0.05, 0.1) is 22.8 Å². The topological polar surface area (TPSA) is 43.1 Å². The van der Waals surface area contributed by atoms with Crippen LogP contribution in [0.25, 0.3) is 17.1 Å². The fraction of sp³-hybridized carbons (Fsp3) is 0.118. The Labute approximate surface area is 132 Å². The Morgan fingerprint density at radius 2 is 1.73 bits per heavy atom. The van der Waals surface area contributed by atoms with Crippen LogP contribution in [-0.4, -0.2) is 26.1 Å². The second-order valence-electron chi connectivity index (χ2n) is 5.02. The zero-order valence-electron chi connectivity index (χ0n) is 12.1. The summed E-state index contributed by atoms with van der Waals surface area (Å²) in [5.74, 6) is 1.79. The van der Waals surface area contributed by atoms with Crippen LogP contribution in [0.15, 0.2) is 59.6 Å². The number of fused-ring (bicyclic) bond motifs is 3. The van der Waals surface area contributed by atoms with E-state index in [-0.39, 0.29) is 0 Å². The smallest absolute Gasteiger partial charge is 0.168 e. The van der Waals surface area contributed by atoms with Gasteiger partial charge >= 0.3 is 0 Å². The minimum atomic E-state index is 0.704. The predicted molar refractivity (Wildman–Crippen MR) is 91.1 cm³/mol. The molecular formula is C17H14N4S. The molecular weight excluding hydrogens is 292 g/mol. The molecule has 0 saturated heterocycles. The molecule has 1 aromatic heterocycles. The van der Waals surface area contributed by atoms with E-state index in [1.54, 1.807) is 11.8 Å². The van der Waals surface area contributed by atoms with Crippen molar-refractivity contribution in [2.45, 2.75) is 6.42 Å². The van der Waals surface area contributed by atoms with Gasteiger partial charge in [0.1, 0.15) is 5.82 Å². The van der Waals surface area contributed by atoms with Crippen LogP contribution in [0.4, 0.5) is 5.69 Å². The summed E-state index contributed by atoms with van der Waals surface area (Å²) in [5.41, 5.74) is 3.05. The number of thioether (sulfide) groups is 1. The Bertz CT molecular complexity index is 852. The predicted octanol–water partition coefficient (Wildman–Crippen LogP) is 3.88. The van der Waals surface area contributed by atoms with Gasteiger partial charge in [-0.25, -0.2) is 4.99 Å². The van der Waals surface area contributed by atoms with Crippen LogP contribution in [0.1, 0.15) is 5.82 Å². The lowest BCUT2D eigenvalue weighted by Gasteiger charge is -2.10. The zero-order chi connectivity index (χ0) is 14.9. The maximum absolute atomic E-state index is 4.77. The maximum Gasteiger partial charge on any atom is 0.168 e. The molecule has 0 saturated carbocycles. The van der Waals surface area contributed by atoms with E-state index in [2.05, 4.69) is 33.0 Å². The van der Waals surface area contributed by atoms with Crippen molar-refractivity contribution in [3.8, 4) is 17.1 Å². The van der Waals surface area contributed by atoms with Crippen LogP contribution in [0.2, 0.25) is 0 Å². The molecule has 0 unspecified atom stereocenters. The average Bonchev–Trinajstić information content (AvgIpc) is 2.91. The van der Waals surface area contributed by atoms with Crippen molar-refractivity contribution in [3.63, 3.8) is 0 Å². The molecule has 0 atom stereocenters. The van der Waals surface area contributed by atoms with Gasteiger partial charge in [0.2, 0.25) is 0 Å². The number of benzene rings is 2. The number of aliphatic imine (C=N–C) groups is 1. The Hall–Kier alpha value is -2.40. The van der Waals surface area contributed by atoms with E-state index in [9.17, 15) is 0 Å². The molecule has 0 aliphatic carbocycles. The van der Waals surface area contributed by atoms with Crippen molar-refractivity contribution in [2.24, 2.45) is 4.99 Å². The molecule has 0 bridgehead atoms. The van der Waals surface area contributed by atoms with E-state index in [1.807, 2.05) is 42.7 Å². The third-order valence-electron chi connectivity index (χ3n) is 3.67. The first kappa shape index (κ1) is 13.3. The van der Waals surface area contributed by atoms with Crippen LogP contribution in [0, 0.1) is 0 Å². The third kappa shape index (κ3) is 2.14. The minimum Gasteiger partial charge on any atom is -0.276 e. The number of hydrogen-bond donors (Lipinski definition) is 0. The van der Waals surface area contributed by atoms with Gasteiger partial charge in [-0.15, -0.1) is 22.0 Å². The molecule has 108 valence electrons. The summed E-state index contributed by atoms with van der Waals surface area (Å²) < 4.78 is 2.12. The molecule has 3 aromatic rings. The van der Waals surface area contributed by atoms with Crippen molar-refractivity contribution in [2.75, 3.05) is 6.26 Å². The molecule has 4 nitrogen and oxygen atoms in total. The Kier molecular flexibility index (Phi) is 3.27. The van der Waals surface area contributed by atoms with Crippen molar-refractivity contribution < 1.29 is 0 Å². The Balaban J connectivity index is 1.98. The highest BCUT2D eigenvalue weighted by Gasteiger charge is 2.21. The van der Waals surface area contributed by atoms with Crippen LogP contribution >= 0.6 is 11.8 Å². The van der Waals surface area contributed by atoms with Crippen LogP contribution in [0.5, 0.6) is 0 Å². The molecule has 22 heavy (non-hydrogen) atoms. The quantitative estimate of drug-likeness (QED) is 0.685. The molecule has 0 fully saturated rings. The molecule has 4 rings (SSSR count). The monoisotopic (exact) mass is 306 g/mol. The fourth-order valence-corrected chi connectivity index (χ4v) is 3.10. The SMILES string of the molecule is CSC1=Nc2ccccc2-n2c(nnc2-c2ccccc2)C1. The molecule has 2 heterocycles. The molecule has 0 spiro atoms. The van der Waals surface area contributed by atoms with Crippen molar-refractivity contribution in [3.05, 3.63) is 60.4 Å².